The van der Waals surface area contributed by atoms with Crippen LogP contribution in [0.15, 0.2) is 30.5 Å². The van der Waals surface area contributed by atoms with Crippen LogP contribution in [0.3, 0.4) is 0 Å². The van der Waals surface area contributed by atoms with Crippen LogP contribution in [0.5, 0.6) is 0 Å². The number of imidazole rings is 1. The second-order valence-electron chi connectivity index (χ2n) is 9.89. The summed E-state index contributed by atoms with van der Waals surface area (Å²) in [7, 11) is 0. The molecular weight excluding hydrogens is 416 g/mol. The number of nitrogens with two attached hydrogens (primary N) is 1. The van der Waals surface area contributed by atoms with Crippen LogP contribution < -0.4 is 5.73 Å². The molecule has 2 aromatic rings. The zero-order valence-corrected chi connectivity index (χ0v) is 19.2. The number of nitriles is 1. The second kappa shape index (κ2) is 8.95. The van der Waals surface area contributed by atoms with Crippen molar-refractivity contribution >= 4 is 17.3 Å². The molecule has 7 nitrogen and oxygen atoms in total. The van der Waals surface area contributed by atoms with Crippen LogP contribution in [-0.2, 0) is 21.4 Å². The summed E-state index contributed by atoms with van der Waals surface area (Å²) in [6, 6.07) is 7.89. The van der Waals surface area contributed by atoms with Gasteiger partial charge in [-0.25, -0.2) is 4.98 Å². The number of amides is 1. The highest BCUT2D eigenvalue weighted by Gasteiger charge is 2.40. The molecular formula is C26H30N4O3. The van der Waals surface area contributed by atoms with Gasteiger partial charge in [-0.3, -0.25) is 9.59 Å². The number of nitrogens with zero attached hydrogens (tertiary/aromatic N) is 2. The van der Waals surface area contributed by atoms with E-state index < -0.39 is 5.41 Å². The van der Waals surface area contributed by atoms with E-state index in [9.17, 15) is 9.59 Å². The molecule has 2 aliphatic rings. The number of ether oxygens (including phenoxy) is 1. The number of aromatic amines is 1. The number of hydrogen-bond donors (Lipinski definition) is 2. The van der Waals surface area contributed by atoms with Gasteiger partial charge in [-0.1, -0.05) is 38.1 Å². The fraction of sp³-hybridized carbons (Fsp3) is 0.462. The van der Waals surface area contributed by atoms with Crippen LogP contribution >= 0.6 is 0 Å². The second-order valence-corrected chi connectivity index (χ2v) is 9.89. The fourth-order valence-electron chi connectivity index (χ4n) is 4.82. The topological polar surface area (TPSA) is 122 Å². The lowest BCUT2D eigenvalue weighted by Crippen LogP contribution is -2.45. The molecule has 1 aromatic carbocycles. The maximum Gasteiger partial charge on any atom is 0.228 e. The molecule has 3 N–H and O–H groups in total. The third kappa shape index (κ3) is 4.62. The summed E-state index contributed by atoms with van der Waals surface area (Å²) >= 11 is 0. The molecule has 172 valence electrons. The molecule has 2 heterocycles. The maximum atomic E-state index is 12.9. The average Bonchev–Trinajstić information content (AvgIpc) is 3.29. The molecule has 7 heteroatoms. The van der Waals surface area contributed by atoms with Gasteiger partial charge in [-0.05, 0) is 59.8 Å². The molecule has 1 saturated heterocycles. The number of nitrogens with one attached hydrogen (secondary N) is 1. The normalized spacial score (nSPS) is 19.4. The molecule has 33 heavy (non-hydrogen) atoms. The number of hydrogen-bond acceptors (Lipinski definition) is 5. The lowest BCUT2D eigenvalue weighted by atomic mass is 9.71. The first-order chi connectivity index (χ1) is 15.7. The van der Waals surface area contributed by atoms with Gasteiger partial charge >= 0.3 is 0 Å². The highest BCUT2D eigenvalue weighted by atomic mass is 16.5. The minimum Gasteiger partial charge on any atom is -0.381 e. The van der Waals surface area contributed by atoms with Crippen LogP contribution in [0, 0.1) is 16.7 Å². The lowest BCUT2D eigenvalue weighted by Gasteiger charge is -2.35. The Morgan fingerprint density at radius 1 is 1.24 bits per heavy atom. The number of allylic oxidation sites excluding steroid dienone is 2. The van der Waals surface area contributed by atoms with Crippen molar-refractivity contribution < 1.29 is 14.3 Å². The molecule has 4 rings (SSSR count). The Bertz CT molecular complexity index is 1150. The molecule has 1 aliphatic heterocycles. The predicted molar refractivity (Wildman–Crippen MR) is 124 cm³/mol. The van der Waals surface area contributed by atoms with Crippen molar-refractivity contribution in [3.63, 3.8) is 0 Å². The van der Waals surface area contributed by atoms with Gasteiger partial charge < -0.3 is 15.5 Å². The van der Waals surface area contributed by atoms with Crippen LogP contribution in [-0.4, -0.2) is 34.9 Å². The van der Waals surface area contributed by atoms with E-state index in [0.29, 0.717) is 26.1 Å². The van der Waals surface area contributed by atoms with Crippen molar-refractivity contribution in [2.24, 2.45) is 11.1 Å². The highest BCUT2D eigenvalue weighted by molar-refractivity contribution is 5.95. The van der Waals surface area contributed by atoms with Gasteiger partial charge in [0.15, 0.2) is 5.82 Å². The van der Waals surface area contributed by atoms with Gasteiger partial charge in [-0.15, -0.1) is 0 Å². The van der Waals surface area contributed by atoms with E-state index >= 15 is 0 Å². The minimum atomic E-state index is -0.757. The smallest absolute Gasteiger partial charge is 0.228 e. The van der Waals surface area contributed by atoms with E-state index in [2.05, 4.69) is 36.0 Å². The number of carbonyl (C=O) groups is 2. The number of carbonyl (C=O) groups excluding carboxylic acids is 2. The monoisotopic (exact) mass is 446 g/mol. The van der Waals surface area contributed by atoms with Crippen molar-refractivity contribution in [1.29, 1.82) is 5.26 Å². The molecule has 0 radical (unpaired) electrons. The Morgan fingerprint density at radius 2 is 2.00 bits per heavy atom. The average molecular weight is 447 g/mol. The summed E-state index contributed by atoms with van der Waals surface area (Å²) < 4.78 is 5.51. The molecule has 1 aliphatic carbocycles. The molecule has 0 spiro atoms. The number of Topliss-reactive ketones (excluding diaryl/α,β-unsaturated/α-hetero) is 1. The first-order valence-corrected chi connectivity index (χ1v) is 11.4. The van der Waals surface area contributed by atoms with Crippen LogP contribution in [0.4, 0.5) is 0 Å². The number of H-pyrrole nitrogens is 1. The molecule has 1 fully saturated rings. The van der Waals surface area contributed by atoms with Crippen molar-refractivity contribution in [2.45, 2.75) is 57.8 Å². The lowest BCUT2D eigenvalue weighted by molar-refractivity contribution is -0.127. The third-order valence-corrected chi connectivity index (χ3v) is 7.11. The largest absolute Gasteiger partial charge is 0.381 e. The molecule has 0 unspecified atom stereocenters. The number of benzene rings is 1. The van der Waals surface area contributed by atoms with Gasteiger partial charge in [-0.2, -0.15) is 5.26 Å². The number of aromatic nitrogens is 2. The van der Waals surface area contributed by atoms with Crippen LogP contribution in [0.2, 0.25) is 0 Å². The summed E-state index contributed by atoms with van der Waals surface area (Å²) in [4.78, 5) is 32.3. The number of primary amides is 1. The van der Waals surface area contributed by atoms with Gasteiger partial charge in [0.05, 0.1) is 11.6 Å². The van der Waals surface area contributed by atoms with Gasteiger partial charge in [0.1, 0.15) is 11.8 Å². The van der Waals surface area contributed by atoms with Crippen molar-refractivity contribution in [3.8, 4) is 6.07 Å². The zero-order chi connectivity index (χ0) is 23.6. The van der Waals surface area contributed by atoms with E-state index in [1.54, 1.807) is 0 Å². The van der Waals surface area contributed by atoms with Crippen molar-refractivity contribution in [1.82, 2.24) is 9.97 Å². The number of ketones is 1. The Balaban J connectivity index is 1.74. The van der Waals surface area contributed by atoms with Gasteiger partial charge in [0, 0.05) is 19.6 Å². The Hall–Kier alpha value is -3.24. The standard InChI is InChI=1S/C26H30N4O3/c1-25(2)7-5-17(6-8-25)21-14-19(26(24(28)32)9-11-33-12-10-26)4-3-18(21)13-22(31)23-29-16-20(15-27)30-23/h3-5,14,16H,6-13H2,1-2H3,(H2,28,32)(H,29,30). The maximum absolute atomic E-state index is 12.9. The predicted octanol–water partition coefficient (Wildman–Crippen LogP) is 3.83. The van der Waals surface area contributed by atoms with E-state index in [4.69, 9.17) is 15.7 Å². The SMILES string of the molecule is CC1(C)CC=C(c2cc(C3(C(N)=O)CCOCC3)ccc2CC(=O)c2ncc(C#N)[nH]2)CC1. The Labute approximate surface area is 194 Å². The van der Waals surface area contributed by atoms with E-state index in [1.165, 1.54) is 11.8 Å². The van der Waals surface area contributed by atoms with Crippen molar-refractivity contribution in [2.75, 3.05) is 13.2 Å². The summed E-state index contributed by atoms with van der Waals surface area (Å²) in [5.74, 6) is -0.338. The third-order valence-electron chi connectivity index (χ3n) is 7.11. The Kier molecular flexibility index (Phi) is 6.22. The summed E-state index contributed by atoms with van der Waals surface area (Å²) in [6.45, 7) is 5.51. The summed E-state index contributed by atoms with van der Waals surface area (Å²) in [6.07, 6.45) is 7.80. The first kappa shape index (κ1) is 22.9. The molecule has 1 amide bonds. The molecule has 1 aromatic heterocycles. The van der Waals surface area contributed by atoms with Gasteiger partial charge in [0.2, 0.25) is 11.7 Å². The fourth-order valence-corrected chi connectivity index (χ4v) is 4.82. The zero-order valence-electron chi connectivity index (χ0n) is 19.2. The van der Waals surface area contributed by atoms with E-state index in [0.717, 1.165) is 36.0 Å². The minimum absolute atomic E-state index is 0.154. The van der Waals surface area contributed by atoms with Crippen LogP contribution in [0.25, 0.3) is 5.57 Å². The molecule has 0 atom stereocenters. The summed E-state index contributed by atoms with van der Waals surface area (Å²) in [5.41, 5.74) is 9.62. The summed E-state index contributed by atoms with van der Waals surface area (Å²) in [5, 5.41) is 9.02. The first-order valence-electron chi connectivity index (χ1n) is 11.4. The molecule has 0 bridgehead atoms. The van der Waals surface area contributed by atoms with E-state index in [-0.39, 0.29) is 35.0 Å². The Morgan fingerprint density at radius 3 is 2.61 bits per heavy atom. The highest BCUT2D eigenvalue weighted by Crippen LogP contribution is 2.41. The van der Waals surface area contributed by atoms with Gasteiger partial charge in [0.25, 0.3) is 0 Å². The van der Waals surface area contributed by atoms with E-state index in [1.807, 2.05) is 18.2 Å². The quantitative estimate of drug-likeness (QED) is 0.653. The van der Waals surface area contributed by atoms with Crippen LogP contribution in [0.1, 0.15) is 79.0 Å². The molecule has 0 saturated carbocycles. The van der Waals surface area contributed by atoms with Crippen molar-refractivity contribution in [3.05, 3.63) is 58.7 Å². The number of rotatable bonds is 6.